The van der Waals surface area contributed by atoms with E-state index in [0.717, 1.165) is 25.7 Å². The maximum atomic E-state index is 12.4. The van der Waals surface area contributed by atoms with Crippen LogP contribution in [0.25, 0.3) is 0 Å². The van der Waals surface area contributed by atoms with E-state index in [2.05, 4.69) is 18.6 Å². The second-order valence-electron chi connectivity index (χ2n) is 9.58. The van der Waals surface area contributed by atoms with Crippen molar-refractivity contribution in [2.75, 3.05) is 13.2 Å². The molecule has 0 unspecified atom stereocenters. The number of benzene rings is 2. The molecule has 0 aromatic heterocycles. The standard InChI is InChI=1S/C24H38O4.C8H4O3/c1-3-5-7-9-11-15-19-27-23(25)21-17-13-14-18-22(21)24(26)28-20-16-12-10-8-6-4-2;9-7-5-3-1-2-4-6(5)8(10)11-7/h13-14,17-18H,3-12,15-16,19-20H2,1-2H3;1-4H. The Morgan fingerprint density at radius 3 is 1.33 bits per heavy atom. The maximum Gasteiger partial charge on any atom is 0.346 e. The minimum atomic E-state index is -0.550. The van der Waals surface area contributed by atoms with Crippen LogP contribution in [-0.4, -0.2) is 37.1 Å². The Balaban J connectivity index is 0.000000397. The summed E-state index contributed by atoms with van der Waals surface area (Å²) in [6.07, 6.45) is 13.6. The fourth-order valence-electron chi connectivity index (χ4n) is 4.12. The van der Waals surface area contributed by atoms with Gasteiger partial charge in [-0.15, -0.1) is 0 Å². The zero-order chi connectivity index (χ0) is 28.3. The molecule has 0 radical (unpaired) electrons. The molecule has 0 amide bonds. The number of rotatable bonds is 16. The van der Waals surface area contributed by atoms with Crippen LogP contribution in [0.15, 0.2) is 48.5 Å². The molecular formula is C32H42O7. The number of cyclic esters (lactones) is 2. The molecule has 0 bridgehead atoms. The third kappa shape index (κ3) is 11.4. The highest BCUT2D eigenvalue weighted by Crippen LogP contribution is 2.18. The molecular weight excluding hydrogens is 496 g/mol. The second kappa shape index (κ2) is 18.7. The number of carbonyl (C=O) groups is 4. The fourth-order valence-corrected chi connectivity index (χ4v) is 4.12. The average molecular weight is 539 g/mol. The first-order valence-corrected chi connectivity index (χ1v) is 14.3. The summed E-state index contributed by atoms with van der Waals surface area (Å²) in [5, 5.41) is 0. The normalized spacial score (nSPS) is 11.7. The summed E-state index contributed by atoms with van der Waals surface area (Å²) in [7, 11) is 0. The summed E-state index contributed by atoms with van der Waals surface area (Å²) >= 11 is 0. The summed E-state index contributed by atoms with van der Waals surface area (Å²) in [6.45, 7) is 5.17. The summed E-state index contributed by atoms with van der Waals surface area (Å²) in [5.74, 6) is -1.99. The van der Waals surface area contributed by atoms with Crippen molar-refractivity contribution in [1.29, 1.82) is 0 Å². The lowest BCUT2D eigenvalue weighted by Gasteiger charge is -2.10. The van der Waals surface area contributed by atoms with Gasteiger partial charge in [0.15, 0.2) is 0 Å². The van der Waals surface area contributed by atoms with E-state index in [1.807, 2.05) is 0 Å². The number of esters is 4. The van der Waals surface area contributed by atoms with E-state index in [1.165, 1.54) is 51.4 Å². The largest absolute Gasteiger partial charge is 0.462 e. The van der Waals surface area contributed by atoms with Crippen molar-refractivity contribution in [3.63, 3.8) is 0 Å². The highest BCUT2D eigenvalue weighted by atomic mass is 16.6. The Labute approximate surface area is 232 Å². The molecule has 0 saturated carbocycles. The lowest BCUT2D eigenvalue weighted by atomic mass is 10.1. The predicted molar refractivity (Wildman–Crippen MR) is 150 cm³/mol. The third-order valence-corrected chi connectivity index (χ3v) is 6.38. The SMILES string of the molecule is CCCCCCCCOC(=O)c1ccccc1C(=O)OCCCCCCCC.O=C1OC(=O)c2ccccc21. The molecule has 212 valence electrons. The number of unbranched alkanes of at least 4 members (excludes halogenated alkanes) is 10. The number of hydrogen-bond acceptors (Lipinski definition) is 7. The minimum absolute atomic E-state index is 0.293. The number of carbonyl (C=O) groups excluding carboxylic acids is 4. The van der Waals surface area contributed by atoms with E-state index < -0.39 is 23.9 Å². The van der Waals surface area contributed by atoms with Crippen molar-refractivity contribution in [3.8, 4) is 0 Å². The van der Waals surface area contributed by atoms with E-state index in [4.69, 9.17) is 9.47 Å². The van der Waals surface area contributed by atoms with Gasteiger partial charge in [-0.25, -0.2) is 19.2 Å². The van der Waals surface area contributed by atoms with Gasteiger partial charge in [-0.05, 0) is 37.1 Å². The van der Waals surface area contributed by atoms with Gasteiger partial charge >= 0.3 is 23.9 Å². The first-order valence-electron chi connectivity index (χ1n) is 14.3. The van der Waals surface area contributed by atoms with Gasteiger partial charge in [0.1, 0.15) is 0 Å². The molecule has 2 aromatic carbocycles. The summed E-state index contributed by atoms with van der Waals surface area (Å²) in [5.41, 5.74) is 1.30. The zero-order valence-corrected chi connectivity index (χ0v) is 23.4. The number of fused-ring (bicyclic) bond motifs is 1. The van der Waals surface area contributed by atoms with Gasteiger partial charge in [0.2, 0.25) is 0 Å². The molecule has 7 heteroatoms. The van der Waals surface area contributed by atoms with Gasteiger partial charge in [0, 0.05) is 0 Å². The molecule has 3 rings (SSSR count). The number of hydrogen-bond donors (Lipinski definition) is 0. The van der Waals surface area contributed by atoms with Crippen LogP contribution in [0.1, 0.15) is 132 Å². The van der Waals surface area contributed by atoms with Crippen LogP contribution in [0.2, 0.25) is 0 Å². The highest BCUT2D eigenvalue weighted by Gasteiger charge is 2.28. The summed E-state index contributed by atoms with van der Waals surface area (Å²) in [4.78, 5) is 46.4. The Hall–Kier alpha value is -3.48. The van der Waals surface area contributed by atoms with Gasteiger partial charge < -0.3 is 14.2 Å². The molecule has 0 spiro atoms. The van der Waals surface area contributed by atoms with Gasteiger partial charge in [0.25, 0.3) is 0 Å². The molecule has 0 N–H and O–H groups in total. The van der Waals surface area contributed by atoms with Gasteiger partial charge in [0.05, 0.1) is 35.5 Å². The molecule has 0 saturated heterocycles. The molecule has 1 aliphatic rings. The zero-order valence-electron chi connectivity index (χ0n) is 23.4. The van der Waals surface area contributed by atoms with Crippen LogP contribution in [-0.2, 0) is 14.2 Å². The smallest absolute Gasteiger partial charge is 0.346 e. The van der Waals surface area contributed by atoms with E-state index in [1.54, 1.807) is 48.5 Å². The minimum Gasteiger partial charge on any atom is -0.462 e. The average Bonchev–Trinajstić information content (AvgIpc) is 3.25. The maximum absolute atomic E-state index is 12.4. The lowest BCUT2D eigenvalue weighted by molar-refractivity contribution is 0.0440. The molecule has 39 heavy (non-hydrogen) atoms. The van der Waals surface area contributed by atoms with E-state index in [0.29, 0.717) is 35.5 Å². The Morgan fingerprint density at radius 1 is 0.564 bits per heavy atom. The molecule has 1 aliphatic heterocycles. The van der Waals surface area contributed by atoms with Crippen molar-refractivity contribution in [1.82, 2.24) is 0 Å². The first kappa shape index (κ1) is 31.7. The van der Waals surface area contributed by atoms with Crippen LogP contribution in [0.3, 0.4) is 0 Å². The number of ether oxygens (including phenoxy) is 3. The molecule has 0 atom stereocenters. The van der Waals surface area contributed by atoms with Gasteiger partial charge in [-0.1, -0.05) is 102 Å². The quantitative estimate of drug-likeness (QED) is 0.0934. The van der Waals surface area contributed by atoms with Crippen LogP contribution < -0.4 is 0 Å². The Kier molecular flexibility index (Phi) is 15.2. The van der Waals surface area contributed by atoms with Crippen LogP contribution in [0.4, 0.5) is 0 Å². The summed E-state index contributed by atoms with van der Waals surface area (Å²) < 4.78 is 15.1. The van der Waals surface area contributed by atoms with Crippen LogP contribution >= 0.6 is 0 Å². The van der Waals surface area contributed by atoms with Crippen molar-refractivity contribution in [2.45, 2.75) is 90.9 Å². The van der Waals surface area contributed by atoms with Crippen molar-refractivity contribution >= 4 is 23.9 Å². The van der Waals surface area contributed by atoms with Crippen LogP contribution in [0.5, 0.6) is 0 Å². The topological polar surface area (TPSA) is 96.0 Å². The molecule has 0 fully saturated rings. The van der Waals surface area contributed by atoms with E-state index >= 15 is 0 Å². The Morgan fingerprint density at radius 2 is 0.923 bits per heavy atom. The van der Waals surface area contributed by atoms with Gasteiger partial charge in [-0.2, -0.15) is 0 Å². The van der Waals surface area contributed by atoms with Crippen molar-refractivity contribution in [2.24, 2.45) is 0 Å². The third-order valence-electron chi connectivity index (χ3n) is 6.38. The van der Waals surface area contributed by atoms with Crippen LogP contribution in [0, 0.1) is 0 Å². The monoisotopic (exact) mass is 538 g/mol. The lowest BCUT2D eigenvalue weighted by Crippen LogP contribution is -2.15. The first-order chi connectivity index (χ1) is 19.0. The molecule has 0 aliphatic carbocycles. The van der Waals surface area contributed by atoms with E-state index in [-0.39, 0.29) is 0 Å². The van der Waals surface area contributed by atoms with Gasteiger partial charge in [-0.3, -0.25) is 0 Å². The Bertz CT molecular complexity index is 978. The molecule has 2 aromatic rings. The summed E-state index contributed by atoms with van der Waals surface area (Å²) in [6, 6.07) is 13.3. The predicted octanol–water partition coefficient (Wildman–Crippen LogP) is 7.72. The van der Waals surface area contributed by atoms with Crippen molar-refractivity contribution < 1.29 is 33.4 Å². The van der Waals surface area contributed by atoms with E-state index in [9.17, 15) is 19.2 Å². The fraction of sp³-hybridized carbons (Fsp3) is 0.500. The molecule has 1 heterocycles. The molecule has 7 nitrogen and oxygen atoms in total. The highest BCUT2D eigenvalue weighted by molar-refractivity contribution is 6.14. The second-order valence-corrected chi connectivity index (χ2v) is 9.58. The van der Waals surface area contributed by atoms with Crippen molar-refractivity contribution in [3.05, 3.63) is 70.8 Å².